The summed E-state index contributed by atoms with van der Waals surface area (Å²) in [6.45, 7) is 3.22. The maximum absolute atomic E-state index is 13.1. The third kappa shape index (κ3) is 3.14. The third-order valence-electron chi connectivity index (χ3n) is 3.93. The first-order valence-corrected chi connectivity index (χ1v) is 6.66. The van der Waals surface area contributed by atoms with Crippen LogP contribution in [0, 0.1) is 23.1 Å². The second kappa shape index (κ2) is 6.02. The number of carboxylic acid groups (broad SMARTS) is 1. The van der Waals surface area contributed by atoms with E-state index in [0.717, 1.165) is 5.56 Å². The lowest BCUT2D eigenvalue weighted by Crippen LogP contribution is -2.42. The fourth-order valence-corrected chi connectivity index (χ4v) is 2.69. The van der Waals surface area contributed by atoms with Gasteiger partial charge in [-0.15, -0.1) is 0 Å². The maximum Gasteiger partial charge on any atom is 0.306 e. The van der Waals surface area contributed by atoms with E-state index in [1.54, 1.807) is 6.07 Å². The Morgan fingerprint density at radius 1 is 1.60 bits per heavy atom. The molecule has 2 rings (SSSR count). The first-order valence-electron chi connectivity index (χ1n) is 6.66. The molecule has 1 aliphatic heterocycles. The van der Waals surface area contributed by atoms with Crippen LogP contribution in [0.5, 0.6) is 0 Å². The summed E-state index contributed by atoms with van der Waals surface area (Å²) in [5, 5.41) is 18.1. The van der Waals surface area contributed by atoms with Gasteiger partial charge in [-0.3, -0.25) is 9.69 Å². The van der Waals surface area contributed by atoms with Crippen molar-refractivity contribution in [3.63, 3.8) is 0 Å². The quantitative estimate of drug-likeness (QED) is 0.920. The van der Waals surface area contributed by atoms with Gasteiger partial charge in [-0.2, -0.15) is 5.26 Å². The Morgan fingerprint density at radius 2 is 2.35 bits per heavy atom. The maximum atomic E-state index is 13.1. The van der Waals surface area contributed by atoms with Crippen LogP contribution in [0.2, 0.25) is 0 Å². The van der Waals surface area contributed by atoms with Crippen molar-refractivity contribution in [2.75, 3.05) is 6.54 Å². The van der Waals surface area contributed by atoms with E-state index in [1.807, 2.05) is 13.0 Å². The van der Waals surface area contributed by atoms with Crippen molar-refractivity contribution in [3.05, 3.63) is 35.1 Å². The fraction of sp³-hybridized carbons (Fsp3) is 0.467. The molecule has 1 saturated heterocycles. The largest absolute Gasteiger partial charge is 0.481 e. The van der Waals surface area contributed by atoms with E-state index in [0.29, 0.717) is 31.5 Å². The van der Waals surface area contributed by atoms with Crippen LogP contribution in [-0.2, 0) is 11.3 Å². The molecule has 20 heavy (non-hydrogen) atoms. The molecule has 4 nitrogen and oxygen atoms in total. The average molecular weight is 276 g/mol. The highest BCUT2D eigenvalue weighted by molar-refractivity contribution is 5.70. The number of hydrogen-bond donors (Lipinski definition) is 1. The summed E-state index contributed by atoms with van der Waals surface area (Å²) in [5.41, 5.74) is 1.13. The zero-order valence-corrected chi connectivity index (χ0v) is 11.3. The Morgan fingerprint density at radius 3 is 2.95 bits per heavy atom. The SMILES string of the molecule is CC1CC(C(=O)O)CCN1Cc1ccc(F)cc1C#N. The first-order chi connectivity index (χ1) is 9.51. The predicted octanol–water partition coefficient (Wildman–Crippen LogP) is 2.38. The summed E-state index contributed by atoms with van der Waals surface area (Å²) in [6.07, 6.45) is 1.22. The Balaban J connectivity index is 2.08. The zero-order chi connectivity index (χ0) is 14.7. The molecule has 0 spiro atoms. The van der Waals surface area contributed by atoms with Crippen LogP contribution >= 0.6 is 0 Å². The lowest BCUT2D eigenvalue weighted by Gasteiger charge is -2.36. The molecule has 1 aromatic carbocycles. The van der Waals surface area contributed by atoms with Crippen LogP contribution in [0.3, 0.4) is 0 Å². The van der Waals surface area contributed by atoms with Gasteiger partial charge in [0.2, 0.25) is 0 Å². The van der Waals surface area contributed by atoms with Gasteiger partial charge in [0, 0.05) is 12.6 Å². The number of benzene rings is 1. The van der Waals surface area contributed by atoms with Gasteiger partial charge in [-0.25, -0.2) is 4.39 Å². The lowest BCUT2D eigenvalue weighted by atomic mass is 9.91. The van der Waals surface area contributed by atoms with Gasteiger partial charge in [-0.05, 0) is 44.0 Å². The van der Waals surface area contributed by atoms with E-state index in [1.165, 1.54) is 12.1 Å². The van der Waals surface area contributed by atoms with E-state index >= 15 is 0 Å². The monoisotopic (exact) mass is 276 g/mol. The molecule has 5 heteroatoms. The fourth-order valence-electron chi connectivity index (χ4n) is 2.69. The van der Waals surface area contributed by atoms with Crippen molar-refractivity contribution in [3.8, 4) is 6.07 Å². The number of aliphatic carboxylic acids is 1. The Bertz CT molecular complexity index is 553. The topological polar surface area (TPSA) is 64.3 Å². The minimum atomic E-state index is -0.740. The van der Waals surface area contributed by atoms with Gasteiger partial charge in [-0.1, -0.05) is 6.07 Å². The summed E-state index contributed by atoms with van der Waals surface area (Å²) in [5.74, 6) is -1.44. The highest BCUT2D eigenvalue weighted by atomic mass is 19.1. The van der Waals surface area contributed by atoms with Crippen molar-refractivity contribution < 1.29 is 14.3 Å². The normalized spacial score (nSPS) is 23.2. The Labute approximate surface area is 117 Å². The molecule has 0 aromatic heterocycles. The van der Waals surface area contributed by atoms with Crippen molar-refractivity contribution in [1.29, 1.82) is 5.26 Å². The Kier molecular flexibility index (Phi) is 4.35. The molecular formula is C15H17FN2O2. The molecule has 2 unspecified atom stereocenters. The zero-order valence-electron chi connectivity index (χ0n) is 11.3. The number of hydrogen-bond acceptors (Lipinski definition) is 3. The number of likely N-dealkylation sites (tertiary alicyclic amines) is 1. The smallest absolute Gasteiger partial charge is 0.306 e. The molecule has 1 aromatic rings. The van der Waals surface area contributed by atoms with Crippen molar-refractivity contribution in [2.45, 2.75) is 32.4 Å². The molecule has 106 valence electrons. The number of nitrogens with zero attached hydrogens (tertiary/aromatic N) is 2. The minimum absolute atomic E-state index is 0.140. The van der Waals surface area contributed by atoms with Gasteiger partial charge < -0.3 is 5.11 Å². The van der Waals surface area contributed by atoms with Crippen LogP contribution < -0.4 is 0 Å². The van der Waals surface area contributed by atoms with Gasteiger partial charge in [0.15, 0.2) is 0 Å². The molecule has 1 aliphatic rings. The molecule has 1 fully saturated rings. The Hall–Kier alpha value is -1.93. The number of carbonyl (C=O) groups is 1. The standard InChI is InChI=1S/C15H17FN2O2/c1-10-6-11(15(19)20)4-5-18(10)9-12-2-3-14(16)7-13(12)8-17/h2-3,7,10-11H,4-6,9H2,1H3,(H,19,20). The summed E-state index contributed by atoms with van der Waals surface area (Å²) in [7, 11) is 0. The second-order valence-electron chi connectivity index (χ2n) is 5.29. The first kappa shape index (κ1) is 14.5. The highest BCUT2D eigenvalue weighted by Crippen LogP contribution is 2.25. The van der Waals surface area contributed by atoms with Crippen molar-refractivity contribution in [2.24, 2.45) is 5.92 Å². The number of nitriles is 1. The predicted molar refractivity (Wildman–Crippen MR) is 71.3 cm³/mol. The lowest BCUT2D eigenvalue weighted by molar-refractivity contribution is -0.144. The molecule has 0 saturated carbocycles. The van der Waals surface area contributed by atoms with E-state index in [2.05, 4.69) is 4.90 Å². The highest BCUT2D eigenvalue weighted by Gasteiger charge is 2.29. The summed E-state index contributed by atoms with van der Waals surface area (Å²) in [6, 6.07) is 6.37. The molecular weight excluding hydrogens is 259 g/mol. The summed E-state index contributed by atoms with van der Waals surface area (Å²) >= 11 is 0. The molecule has 2 atom stereocenters. The third-order valence-corrected chi connectivity index (χ3v) is 3.93. The van der Waals surface area contributed by atoms with Gasteiger partial charge in [0.05, 0.1) is 17.6 Å². The molecule has 1 heterocycles. The second-order valence-corrected chi connectivity index (χ2v) is 5.29. The van der Waals surface area contributed by atoms with E-state index in [9.17, 15) is 9.18 Å². The van der Waals surface area contributed by atoms with Crippen LogP contribution in [0.4, 0.5) is 4.39 Å². The molecule has 0 aliphatic carbocycles. The van der Waals surface area contributed by atoms with Crippen molar-refractivity contribution in [1.82, 2.24) is 4.90 Å². The summed E-state index contributed by atoms with van der Waals surface area (Å²) < 4.78 is 13.1. The van der Waals surface area contributed by atoms with Gasteiger partial charge in [0.25, 0.3) is 0 Å². The van der Waals surface area contributed by atoms with Crippen LogP contribution in [0.15, 0.2) is 18.2 Å². The molecule has 0 radical (unpaired) electrons. The summed E-state index contributed by atoms with van der Waals surface area (Å²) in [4.78, 5) is 13.1. The molecule has 0 bridgehead atoms. The van der Waals surface area contributed by atoms with Crippen LogP contribution in [-0.4, -0.2) is 28.6 Å². The number of carboxylic acids is 1. The van der Waals surface area contributed by atoms with E-state index < -0.39 is 11.8 Å². The average Bonchev–Trinajstić information content (AvgIpc) is 2.42. The van der Waals surface area contributed by atoms with E-state index in [-0.39, 0.29) is 12.0 Å². The minimum Gasteiger partial charge on any atom is -0.481 e. The molecule has 0 amide bonds. The van der Waals surface area contributed by atoms with Crippen molar-refractivity contribution >= 4 is 5.97 Å². The number of piperidine rings is 1. The number of rotatable bonds is 3. The van der Waals surface area contributed by atoms with Crippen LogP contribution in [0.1, 0.15) is 30.9 Å². The van der Waals surface area contributed by atoms with E-state index in [4.69, 9.17) is 10.4 Å². The van der Waals surface area contributed by atoms with Crippen LogP contribution in [0.25, 0.3) is 0 Å². The number of halogens is 1. The van der Waals surface area contributed by atoms with Gasteiger partial charge in [0.1, 0.15) is 5.82 Å². The van der Waals surface area contributed by atoms with Gasteiger partial charge >= 0.3 is 5.97 Å². The molecule has 1 N–H and O–H groups in total.